The Morgan fingerprint density at radius 3 is 2.41 bits per heavy atom. The number of likely N-dealkylation sites (N-methyl/N-ethyl adjacent to an activating group) is 1. The fourth-order valence-electron chi connectivity index (χ4n) is 3.36. The number of benzene rings is 1. The lowest BCUT2D eigenvalue weighted by atomic mass is 10.2. The fourth-order valence-corrected chi connectivity index (χ4v) is 3.36. The third-order valence-electron chi connectivity index (χ3n) is 4.80. The summed E-state index contributed by atoms with van der Waals surface area (Å²) in [7, 11) is 0. The molecule has 1 saturated heterocycles. The molecule has 1 aliphatic heterocycles. The first-order chi connectivity index (χ1) is 12.7. The van der Waals surface area contributed by atoms with Gasteiger partial charge in [0.1, 0.15) is 5.75 Å². The zero-order valence-corrected chi connectivity index (χ0v) is 19.4. The highest BCUT2D eigenvalue weighted by Gasteiger charge is 2.21. The van der Waals surface area contributed by atoms with Gasteiger partial charge in [-0.15, -0.1) is 24.0 Å². The van der Waals surface area contributed by atoms with E-state index in [0.29, 0.717) is 5.75 Å². The molecule has 27 heavy (non-hydrogen) atoms. The Balaban J connectivity index is 0.00000364. The maximum Gasteiger partial charge on any atom is 0.194 e. The van der Waals surface area contributed by atoms with Gasteiger partial charge in [0.05, 0.1) is 12.2 Å². The van der Waals surface area contributed by atoms with E-state index in [2.05, 4.69) is 40.8 Å². The van der Waals surface area contributed by atoms with Crippen molar-refractivity contribution in [3.8, 4) is 5.75 Å². The van der Waals surface area contributed by atoms with Gasteiger partial charge in [0.15, 0.2) is 5.96 Å². The molecule has 0 aliphatic carbocycles. The molecule has 0 radical (unpaired) electrons. The van der Waals surface area contributed by atoms with Crippen molar-refractivity contribution in [2.45, 2.75) is 27.2 Å². The summed E-state index contributed by atoms with van der Waals surface area (Å²) in [4.78, 5) is 11.9. The summed E-state index contributed by atoms with van der Waals surface area (Å²) in [6.45, 7) is 15.1. The number of piperazine rings is 1. The van der Waals surface area contributed by atoms with Gasteiger partial charge in [-0.05, 0) is 38.6 Å². The van der Waals surface area contributed by atoms with Crippen LogP contribution in [0, 0.1) is 0 Å². The second kappa shape index (κ2) is 13.0. The number of nitrogens with one attached hydrogen (secondary N) is 1. The molecule has 0 unspecified atom stereocenters. The first-order valence-corrected chi connectivity index (χ1v) is 9.98. The average Bonchev–Trinajstić information content (AvgIpc) is 2.67. The maximum atomic E-state index is 10.1. The lowest BCUT2D eigenvalue weighted by Crippen LogP contribution is -2.52. The standard InChI is InChI=1S/C20H35N5O.HI/c1-4-12-23(6-3)13-11-22-20(21-5-2)25-16-14-24(15-17-25)18-9-7-8-10-19(18)26;/h7-10,26H,4-6,11-17H2,1-3H3,(H,21,22);1H. The van der Waals surface area contributed by atoms with Crippen LogP contribution < -0.4 is 10.2 Å². The Kier molecular flexibility index (Phi) is 11.5. The van der Waals surface area contributed by atoms with Crippen molar-refractivity contribution in [3.05, 3.63) is 24.3 Å². The van der Waals surface area contributed by atoms with Gasteiger partial charge in [-0.2, -0.15) is 0 Å². The van der Waals surface area contributed by atoms with Gasteiger partial charge in [0, 0.05) is 39.3 Å². The van der Waals surface area contributed by atoms with Crippen LogP contribution in [0.3, 0.4) is 0 Å². The Morgan fingerprint density at radius 1 is 1.11 bits per heavy atom. The van der Waals surface area contributed by atoms with Gasteiger partial charge in [0.25, 0.3) is 0 Å². The summed E-state index contributed by atoms with van der Waals surface area (Å²) < 4.78 is 0. The molecule has 154 valence electrons. The van der Waals surface area contributed by atoms with Crippen LogP contribution in [-0.4, -0.2) is 79.8 Å². The number of aliphatic imine (C=N–C) groups is 1. The molecule has 0 spiro atoms. The van der Waals surface area contributed by atoms with E-state index in [0.717, 1.165) is 70.5 Å². The monoisotopic (exact) mass is 489 g/mol. The molecule has 7 heteroatoms. The van der Waals surface area contributed by atoms with Crippen molar-refractivity contribution in [3.63, 3.8) is 0 Å². The zero-order chi connectivity index (χ0) is 18.8. The average molecular weight is 489 g/mol. The molecular weight excluding hydrogens is 453 g/mol. The van der Waals surface area contributed by atoms with E-state index < -0.39 is 0 Å². The summed E-state index contributed by atoms with van der Waals surface area (Å²) in [6.07, 6.45) is 1.19. The van der Waals surface area contributed by atoms with Gasteiger partial charge in [-0.25, -0.2) is 0 Å². The molecule has 1 aliphatic rings. The van der Waals surface area contributed by atoms with E-state index >= 15 is 0 Å². The summed E-state index contributed by atoms with van der Waals surface area (Å²) in [5.74, 6) is 1.37. The first-order valence-electron chi connectivity index (χ1n) is 9.98. The summed E-state index contributed by atoms with van der Waals surface area (Å²) in [6, 6.07) is 7.58. The smallest absolute Gasteiger partial charge is 0.194 e. The van der Waals surface area contributed by atoms with Crippen molar-refractivity contribution < 1.29 is 5.11 Å². The number of guanidine groups is 1. The number of phenolic OH excluding ortho intramolecular Hbond substituents is 1. The van der Waals surface area contributed by atoms with Crippen LogP contribution in [0.1, 0.15) is 27.2 Å². The van der Waals surface area contributed by atoms with Crippen LogP contribution in [0.4, 0.5) is 5.69 Å². The molecule has 1 aromatic carbocycles. The SMILES string of the molecule is CCCN(CC)CCN=C(NCC)N1CCN(c2ccccc2O)CC1.I. The van der Waals surface area contributed by atoms with Crippen molar-refractivity contribution in [1.29, 1.82) is 0 Å². The predicted molar refractivity (Wildman–Crippen MR) is 126 cm³/mol. The molecule has 1 aromatic rings. The van der Waals surface area contributed by atoms with E-state index in [4.69, 9.17) is 4.99 Å². The highest BCUT2D eigenvalue weighted by molar-refractivity contribution is 14.0. The highest BCUT2D eigenvalue weighted by Crippen LogP contribution is 2.27. The van der Waals surface area contributed by atoms with Gasteiger partial charge in [-0.1, -0.05) is 26.0 Å². The number of aromatic hydroxyl groups is 1. The Morgan fingerprint density at radius 2 is 1.81 bits per heavy atom. The number of hydrogen-bond acceptors (Lipinski definition) is 4. The van der Waals surface area contributed by atoms with Crippen LogP contribution in [0.2, 0.25) is 0 Å². The van der Waals surface area contributed by atoms with E-state index in [1.807, 2.05) is 18.2 Å². The molecule has 1 fully saturated rings. The van der Waals surface area contributed by atoms with Crippen LogP contribution >= 0.6 is 24.0 Å². The van der Waals surface area contributed by atoms with Crippen molar-refractivity contribution in [2.24, 2.45) is 4.99 Å². The Hall–Kier alpha value is -1.22. The molecule has 6 nitrogen and oxygen atoms in total. The quantitative estimate of drug-likeness (QED) is 0.334. The molecule has 0 amide bonds. The van der Waals surface area contributed by atoms with Crippen LogP contribution in [0.15, 0.2) is 29.3 Å². The fraction of sp³-hybridized carbons (Fsp3) is 0.650. The lowest BCUT2D eigenvalue weighted by Gasteiger charge is -2.38. The van der Waals surface area contributed by atoms with Gasteiger partial charge < -0.3 is 25.1 Å². The van der Waals surface area contributed by atoms with E-state index in [1.54, 1.807) is 6.07 Å². The number of anilines is 1. The van der Waals surface area contributed by atoms with Gasteiger partial charge in [-0.3, -0.25) is 4.99 Å². The number of rotatable bonds is 8. The third-order valence-corrected chi connectivity index (χ3v) is 4.80. The highest BCUT2D eigenvalue weighted by atomic mass is 127. The molecule has 2 rings (SSSR count). The van der Waals surface area contributed by atoms with E-state index in [9.17, 15) is 5.11 Å². The number of phenols is 1. The molecule has 0 atom stereocenters. The van der Waals surface area contributed by atoms with Crippen molar-refractivity contribution in [1.82, 2.24) is 15.1 Å². The van der Waals surface area contributed by atoms with Crippen LogP contribution in [0.25, 0.3) is 0 Å². The summed E-state index contributed by atoms with van der Waals surface area (Å²) in [5, 5.41) is 13.5. The Bertz CT molecular complexity index is 561. The van der Waals surface area contributed by atoms with Crippen molar-refractivity contribution >= 4 is 35.6 Å². The van der Waals surface area contributed by atoms with E-state index in [-0.39, 0.29) is 24.0 Å². The zero-order valence-electron chi connectivity index (χ0n) is 17.0. The molecule has 0 aromatic heterocycles. The normalized spacial score (nSPS) is 15.0. The number of hydrogen-bond donors (Lipinski definition) is 2. The summed E-state index contributed by atoms with van der Waals surface area (Å²) >= 11 is 0. The second-order valence-corrected chi connectivity index (χ2v) is 6.63. The maximum absolute atomic E-state index is 10.1. The number of para-hydroxylation sites is 2. The van der Waals surface area contributed by atoms with Crippen molar-refractivity contribution in [2.75, 3.05) is 63.8 Å². The van der Waals surface area contributed by atoms with Gasteiger partial charge >= 0.3 is 0 Å². The molecule has 1 heterocycles. The molecule has 0 bridgehead atoms. The molecule has 0 saturated carbocycles. The lowest BCUT2D eigenvalue weighted by molar-refractivity contribution is 0.296. The Labute approximate surface area is 181 Å². The van der Waals surface area contributed by atoms with E-state index in [1.165, 1.54) is 6.42 Å². The minimum absolute atomic E-state index is 0. The second-order valence-electron chi connectivity index (χ2n) is 6.63. The minimum Gasteiger partial charge on any atom is -0.506 e. The largest absolute Gasteiger partial charge is 0.506 e. The molecule has 2 N–H and O–H groups in total. The number of nitrogens with zero attached hydrogens (tertiary/aromatic N) is 4. The summed E-state index contributed by atoms with van der Waals surface area (Å²) in [5.41, 5.74) is 0.923. The van der Waals surface area contributed by atoms with Crippen LogP contribution in [-0.2, 0) is 0 Å². The topological polar surface area (TPSA) is 54.3 Å². The third kappa shape index (κ3) is 7.37. The number of halogens is 1. The van der Waals surface area contributed by atoms with Gasteiger partial charge in [0.2, 0.25) is 0 Å². The van der Waals surface area contributed by atoms with Crippen LogP contribution in [0.5, 0.6) is 5.75 Å². The predicted octanol–water partition coefficient (Wildman–Crippen LogP) is 2.83. The first kappa shape index (κ1) is 23.8. The molecular formula is C20H36IN5O. The minimum atomic E-state index is 0.